The van der Waals surface area contributed by atoms with E-state index < -0.39 is 17.3 Å². The van der Waals surface area contributed by atoms with E-state index in [1.54, 1.807) is 25.1 Å². The van der Waals surface area contributed by atoms with Crippen LogP contribution in [0.15, 0.2) is 47.3 Å². The number of benzene rings is 2. The lowest BCUT2D eigenvalue weighted by atomic mass is 10.1. The summed E-state index contributed by atoms with van der Waals surface area (Å²) in [5.74, 6) is -0.612. The second-order valence-electron chi connectivity index (χ2n) is 6.88. The minimum absolute atomic E-state index is 0.121. The van der Waals surface area contributed by atoms with Gasteiger partial charge in [0.1, 0.15) is 18.2 Å². The Morgan fingerprint density at radius 3 is 2.57 bits per heavy atom. The third-order valence-electron chi connectivity index (χ3n) is 4.71. The Bertz CT molecular complexity index is 1140. The molecule has 3 rings (SSSR count). The summed E-state index contributed by atoms with van der Waals surface area (Å²) in [5.41, 5.74) is 2.22. The Hall–Kier alpha value is -3.03. The molecule has 0 bridgehead atoms. The molecule has 1 heterocycles. The number of carbonyl (C=O) groups excluding carboxylic acids is 1. The van der Waals surface area contributed by atoms with Crippen molar-refractivity contribution >= 4 is 23.2 Å². The molecule has 1 aromatic heterocycles. The highest BCUT2D eigenvalue weighted by Gasteiger charge is 2.18. The van der Waals surface area contributed by atoms with Gasteiger partial charge in [-0.3, -0.25) is 14.2 Å². The molecule has 0 aliphatic rings. The molecule has 0 spiro atoms. The summed E-state index contributed by atoms with van der Waals surface area (Å²) in [6.07, 6.45) is 0.121. The van der Waals surface area contributed by atoms with Crippen molar-refractivity contribution in [1.29, 1.82) is 0 Å². The fourth-order valence-electron chi connectivity index (χ4n) is 3.13. The summed E-state index contributed by atoms with van der Waals surface area (Å²) in [6.45, 7) is 2.97. The van der Waals surface area contributed by atoms with E-state index in [-0.39, 0.29) is 25.4 Å². The number of amides is 1. The van der Waals surface area contributed by atoms with Crippen molar-refractivity contribution in [3.05, 3.63) is 80.5 Å². The van der Waals surface area contributed by atoms with Crippen molar-refractivity contribution in [2.75, 3.05) is 11.9 Å². The van der Waals surface area contributed by atoms with Crippen molar-refractivity contribution in [2.24, 2.45) is 0 Å². The number of nitrogens with one attached hydrogen (secondary N) is 1. The quantitative estimate of drug-likeness (QED) is 0.628. The van der Waals surface area contributed by atoms with E-state index in [0.717, 1.165) is 5.56 Å². The maximum Gasteiger partial charge on any atom is 0.257 e. The van der Waals surface area contributed by atoms with E-state index in [1.165, 1.54) is 28.8 Å². The van der Waals surface area contributed by atoms with Crippen LogP contribution >= 0.6 is 11.6 Å². The maximum absolute atomic E-state index is 13.4. The molecule has 0 saturated carbocycles. The molecule has 0 saturated heterocycles. The van der Waals surface area contributed by atoms with Gasteiger partial charge in [-0.05, 0) is 55.8 Å². The summed E-state index contributed by atoms with van der Waals surface area (Å²) in [4.78, 5) is 30.3. The maximum atomic E-state index is 13.4. The Balaban J connectivity index is 2.03. The van der Waals surface area contributed by atoms with Gasteiger partial charge in [0.15, 0.2) is 0 Å². The summed E-state index contributed by atoms with van der Waals surface area (Å²) in [7, 11) is 0. The number of hydrogen-bond acceptors (Lipinski definition) is 4. The van der Waals surface area contributed by atoms with Crippen molar-refractivity contribution in [3.8, 4) is 11.4 Å². The molecule has 2 aromatic carbocycles. The average Bonchev–Trinajstić information content (AvgIpc) is 2.70. The van der Waals surface area contributed by atoms with Gasteiger partial charge in [0.25, 0.3) is 5.56 Å². The van der Waals surface area contributed by atoms with E-state index in [2.05, 4.69) is 10.3 Å². The van der Waals surface area contributed by atoms with Crippen LogP contribution in [-0.4, -0.2) is 27.2 Å². The van der Waals surface area contributed by atoms with Crippen LogP contribution < -0.4 is 10.9 Å². The number of aryl methyl sites for hydroxylation is 2. The number of aliphatic hydroxyl groups excluding tert-OH is 1. The molecule has 2 N–H and O–H groups in total. The van der Waals surface area contributed by atoms with E-state index in [9.17, 15) is 19.1 Å². The minimum Gasteiger partial charge on any atom is -0.396 e. The van der Waals surface area contributed by atoms with Gasteiger partial charge in [0.05, 0.1) is 0 Å². The van der Waals surface area contributed by atoms with Crippen LogP contribution in [0.25, 0.3) is 11.4 Å². The minimum atomic E-state index is -0.438. The summed E-state index contributed by atoms with van der Waals surface area (Å²) in [5, 5.41) is 12.5. The predicted octanol–water partition coefficient (Wildman–Crippen LogP) is 3.49. The zero-order valence-corrected chi connectivity index (χ0v) is 17.3. The first kappa shape index (κ1) is 21.7. The third-order valence-corrected chi connectivity index (χ3v) is 4.94. The molecule has 3 aromatic rings. The molecular formula is C22H21ClFN3O3. The van der Waals surface area contributed by atoms with E-state index >= 15 is 0 Å². The lowest BCUT2D eigenvalue weighted by Crippen LogP contribution is -2.33. The molecule has 1 amide bonds. The van der Waals surface area contributed by atoms with Gasteiger partial charge in [-0.15, -0.1) is 0 Å². The number of halogens is 2. The third kappa shape index (κ3) is 4.75. The van der Waals surface area contributed by atoms with Crippen LogP contribution in [0.4, 0.5) is 10.1 Å². The van der Waals surface area contributed by atoms with Crippen LogP contribution in [0.2, 0.25) is 5.02 Å². The summed E-state index contributed by atoms with van der Waals surface area (Å²) >= 11 is 6.01. The van der Waals surface area contributed by atoms with Crippen LogP contribution in [0.5, 0.6) is 0 Å². The first-order chi connectivity index (χ1) is 14.3. The number of aliphatic hydroxyl groups is 1. The second kappa shape index (κ2) is 9.19. The zero-order valence-electron chi connectivity index (χ0n) is 16.6. The fourth-order valence-corrected chi connectivity index (χ4v) is 3.30. The van der Waals surface area contributed by atoms with Crippen LogP contribution in [0, 0.1) is 19.7 Å². The lowest BCUT2D eigenvalue weighted by Gasteiger charge is -2.16. The highest BCUT2D eigenvalue weighted by Crippen LogP contribution is 2.21. The van der Waals surface area contributed by atoms with Gasteiger partial charge in [0.2, 0.25) is 5.91 Å². The SMILES string of the molecule is Cc1ccc(Cl)cc1NC(=O)Cn1c(-c2ccc(F)cc2)nc(C)c(CCO)c1=O. The number of carbonyl (C=O) groups is 1. The predicted molar refractivity (Wildman–Crippen MR) is 114 cm³/mol. The average molecular weight is 430 g/mol. The van der Waals surface area contributed by atoms with Crippen molar-refractivity contribution in [3.63, 3.8) is 0 Å². The standard InChI is InChI=1S/C22H21ClFN3O3/c1-13-3-6-16(23)11-19(13)26-20(29)12-27-21(15-4-7-17(24)8-5-15)25-14(2)18(9-10-28)22(27)30/h3-8,11,28H,9-10,12H2,1-2H3,(H,26,29). The molecule has 0 atom stereocenters. The molecule has 0 aliphatic heterocycles. The van der Waals surface area contributed by atoms with Crippen molar-refractivity contribution in [2.45, 2.75) is 26.8 Å². The molecule has 156 valence electrons. The van der Waals surface area contributed by atoms with Crippen LogP contribution in [0.1, 0.15) is 16.8 Å². The first-order valence-corrected chi connectivity index (χ1v) is 9.71. The number of rotatable bonds is 6. The topological polar surface area (TPSA) is 84.2 Å². The van der Waals surface area contributed by atoms with Gasteiger partial charge < -0.3 is 10.4 Å². The fraction of sp³-hybridized carbons (Fsp3) is 0.227. The smallest absolute Gasteiger partial charge is 0.257 e. The van der Waals surface area contributed by atoms with Gasteiger partial charge >= 0.3 is 0 Å². The van der Waals surface area contributed by atoms with Gasteiger partial charge in [-0.2, -0.15) is 0 Å². The Morgan fingerprint density at radius 2 is 1.90 bits per heavy atom. The number of anilines is 1. The Morgan fingerprint density at radius 1 is 1.20 bits per heavy atom. The van der Waals surface area contributed by atoms with Crippen LogP contribution in [0.3, 0.4) is 0 Å². The zero-order chi connectivity index (χ0) is 21.8. The van der Waals surface area contributed by atoms with E-state index in [1.807, 2.05) is 6.92 Å². The number of aromatic nitrogens is 2. The molecule has 8 heteroatoms. The molecular weight excluding hydrogens is 409 g/mol. The Kier molecular flexibility index (Phi) is 6.64. The van der Waals surface area contributed by atoms with Crippen LogP contribution in [-0.2, 0) is 17.8 Å². The number of hydrogen-bond donors (Lipinski definition) is 2. The number of nitrogens with zero attached hydrogens (tertiary/aromatic N) is 2. The Labute approximate surface area is 178 Å². The monoisotopic (exact) mass is 429 g/mol. The summed E-state index contributed by atoms with van der Waals surface area (Å²) in [6, 6.07) is 10.6. The molecule has 0 unspecified atom stereocenters. The molecule has 0 aliphatic carbocycles. The normalized spacial score (nSPS) is 10.8. The first-order valence-electron chi connectivity index (χ1n) is 9.33. The lowest BCUT2D eigenvalue weighted by molar-refractivity contribution is -0.116. The largest absolute Gasteiger partial charge is 0.396 e. The van der Waals surface area contributed by atoms with Crippen molar-refractivity contribution < 1.29 is 14.3 Å². The molecule has 0 fully saturated rings. The molecule has 6 nitrogen and oxygen atoms in total. The molecule has 0 radical (unpaired) electrons. The van der Waals surface area contributed by atoms with Gasteiger partial charge in [-0.1, -0.05) is 17.7 Å². The highest BCUT2D eigenvalue weighted by molar-refractivity contribution is 6.31. The van der Waals surface area contributed by atoms with E-state index in [0.29, 0.717) is 27.5 Å². The van der Waals surface area contributed by atoms with Gasteiger partial charge in [-0.25, -0.2) is 9.37 Å². The van der Waals surface area contributed by atoms with Gasteiger partial charge in [0, 0.05) is 40.6 Å². The highest BCUT2D eigenvalue weighted by atomic mass is 35.5. The van der Waals surface area contributed by atoms with Crippen molar-refractivity contribution in [1.82, 2.24) is 9.55 Å². The van der Waals surface area contributed by atoms with E-state index in [4.69, 9.17) is 11.6 Å². The summed E-state index contributed by atoms with van der Waals surface area (Å²) < 4.78 is 14.6. The molecule has 30 heavy (non-hydrogen) atoms. The second-order valence-corrected chi connectivity index (χ2v) is 7.32.